The fraction of sp³-hybridized carbons (Fsp3) is 0.625. The summed E-state index contributed by atoms with van der Waals surface area (Å²) < 4.78 is 31.0. The highest BCUT2D eigenvalue weighted by Gasteiger charge is 2.23. The summed E-state index contributed by atoms with van der Waals surface area (Å²) in [6.07, 6.45) is 19.2. The van der Waals surface area contributed by atoms with E-state index in [-0.39, 0.29) is 5.78 Å². The summed E-state index contributed by atoms with van der Waals surface area (Å²) in [7, 11) is 0. The van der Waals surface area contributed by atoms with Crippen LogP contribution in [-0.2, 0) is 0 Å². The van der Waals surface area contributed by atoms with Crippen molar-refractivity contribution in [1.82, 2.24) is 0 Å². The Morgan fingerprint density at radius 2 is 0.957 bits per heavy atom. The molecule has 0 unspecified atom stereocenters. The van der Waals surface area contributed by atoms with Crippen LogP contribution in [0.25, 0.3) is 6.08 Å². The number of allylic oxidation sites excluding steroid dienone is 1. The number of ketones is 1. The van der Waals surface area contributed by atoms with Crippen molar-refractivity contribution in [1.29, 1.82) is 0 Å². The molecule has 2 aromatic carbocycles. The molecule has 46 heavy (non-hydrogen) atoms. The Balaban J connectivity index is 2.47. The first-order valence-electron chi connectivity index (χ1n) is 18.3. The fourth-order valence-electron chi connectivity index (χ4n) is 4.95. The van der Waals surface area contributed by atoms with Gasteiger partial charge in [0.15, 0.2) is 17.3 Å². The van der Waals surface area contributed by atoms with E-state index in [4.69, 9.17) is 23.7 Å². The Bertz CT molecular complexity index is 1120. The molecule has 0 saturated heterocycles. The van der Waals surface area contributed by atoms with Crippen molar-refractivity contribution in [2.24, 2.45) is 0 Å². The summed E-state index contributed by atoms with van der Waals surface area (Å²) in [4.78, 5) is 14.1. The van der Waals surface area contributed by atoms with Crippen molar-refractivity contribution in [2.75, 3.05) is 33.0 Å². The number of unbranched alkanes of at least 4 members (excludes halogenated alkanes) is 10. The number of benzene rings is 2. The van der Waals surface area contributed by atoms with E-state index >= 15 is 0 Å². The molecule has 2 rings (SSSR count). The van der Waals surface area contributed by atoms with E-state index in [0.717, 1.165) is 113 Å². The van der Waals surface area contributed by atoms with Crippen LogP contribution >= 0.6 is 0 Å². The first kappa shape index (κ1) is 39.0. The van der Waals surface area contributed by atoms with E-state index < -0.39 is 0 Å². The zero-order chi connectivity index (χ0) is 33.2. The summed E-state index contributed by atoms with van der Waals surface area (Å²) in [5, 5.41) is 0. The molecule has 6 heteroatoms. The third-order valence-corrected chi connectivity index (χ3v) is 7.75. The molecular formula is C40H62O6. The smallest absolute Gasteiger partial charge is 0.193 e. The summed E-state index contributed by atoms with van der Waals surface area (Å²) in [5.74, 6) is 2.90. The van der Waals surface area contributed by atoms with Gasteiger partial charge in [0, 0.05) is 5.56 Å². The first-order valence-corrected chi connectivity index (χ1v) is 18.3. The van der Waals surface area contributed by atoms with Crippen LogP contribution in [0.4, 0.5) is 0 Å². The van der Waals surface area contributed by atoms with E-state index in [9.17, 15) is 4.79 Å². The van der Waals surface area contributed by atoms with Gasteiger partial charge in [0.05, 0.1) is 33.0 Å². The highest BCUT2D eigenvalue weighted by molar-refractivity contribution is 6.11. The standard InChI is InChI=1S/C40H62O6/c1-6-11-16-27-42-34-22-24-36(43-28-17-12-7-2)33(32-34)21-23-35(41)39-37(44-29-18-13-8-3)25-26-38(45-30-19-14-9-4)40(39)46-31-20-15-10-5/h21-26,32H,6-20,27-31H2,1-5H3. The molecule has 0 atom stereocenters. The van der Waals surface area contributed by atoms with Crippen molar-refractivity contribution < 1.29 is 28.5 Å². The average Bonchev–Trinajstić information content (AvgIpc) is 3.07. The van der Waals surface area contributed by atoms with E-state index in [0.29, 0.717) is 55.8 Å². The van der Waals surface area contributed by atoms with Crippen LogP contribution in [-0.4, -0.2) is 38.8 Å². The summed E-state index contributed by atoms with van der Waals surface area (Å²) in [6.45, 7) is 13.8. The van der Waals surface area contributed by atoms with Gasteiger partial charge in [-0.3, -0.25) is 4.79 Å². The Morgan fingerprint density at radius 3 is 1.50 bits per heavy atom. The quantitative estimate of drug-likeness (QED) is 0.0525. The van der Waals surface area contributed by atoms with Gasteiger partial charge in [0.1, 0.15) is 22.8 Å². The SMILES string of the molecule is CCCCCOc1ccc(OCCCCC)c(C=CC(=O)c2c(OCCCCC)ccc(OCCCCC)c2OCCCCC)c1. The van der Waals surface area contributed by atoms with Gasteiger partial charge in [-0.2, -0.15) is 0 Å². The van der Waals surface area contributed by atoms with E-state index in [1.54, 1.807) is 6.08 Å². The van der Waals surface area contributed by atoms with Crippen LogP contribution < -0.4 is 23.7 Å². The van der Waals surface area contributed by atoms with Gasteiger partial charge in [-0.05, 0) is 74.6 Å². The molecule has 0 spiro atoms. The van der Waals surface area contributed by atoms with Gasteiger partial charge in [-0.25, -0.2) is 0 Å². The lowest BCUT2D eigenvalue weighted by atomic mass is 10.0. The zero-order valence-corrected chi connectivity index (χ0v) is 29.6. The number of carbonyl (C=O) groups is 1. The lowest BCUT2D eigenvalue weighted by molar-refractivity contribution is 0.103. The zero-order valence-electron chi connectivity index (χ0n) is 29.6. The predicted molar refractivity (Wildman–Crippen MR) is 191 cm³/mol. The second-order valence-corrected chi connectivity index (χ2v) is 11.9. The van der Waals surface area contributed by atoms with Crippen LogP contribution in [0.15, 0.2) is 36.4 Å². The monoisotopic (exact) mass is 638 g/mol. The second kappa shape index (κ2) is 25.0. The molecule has 0 radical (unpaired) electrons. The maximum absolute atomic E-state index is 14.1. The molecular weight excluding hydrogens is 576 g/mol. The second-order valence-electron chi connectivity index (χ2n) is 11.9. The molecule has 0 aromatic heterocycles. The van der Waals surface area contributed by atoms with Gasteiger partial charge in [0.25, 0.3) is 0 Å². The maximum atomic E-state index is 14.1. The molecule has 0 amide bonds. The van der Waals surface area contributed by atoms with E-state index in [1.165, 1.54) is 0 Å². The van der Waals surface area contributed by atoms with Crippen molar-refractivity contribution >= 4 is 11.9 Å². The van der Waals surface area contributed by atoms with E-state index in [1.807, 2.05) is 36.4 Å². The van der Waals surface area contributed by atoms with Crippen LogP contribution in [0.2, 0.25) is 0 Å². The maximum Gasteiger partial charge on any atom is 0.193 e. The Morgan fingerprint density at radius 1 is 0.522 bits per heavy atom. The normalized spacial score (nSPS) is 11.2. The molecule has 2 aromatic rings. The minimum atomic E-state index is -0.193. The Hall–Kier alpha value is -3.15. The molecule has 0 aliphatic carbocycles. The lowest BCUT2D eigenvalue weighted by Crippen LogP contribution is -2.10. The van der Waals surface area contributed by atoms with Crippen molar-refractivity contribution in [3.8, 4) is 28.7 Å². The molecule has 258 valence electrons. The van der Waals surface area contributed by atoms with Crippen molar-refractivity contribution in [3.63, 3.8) is 0 Å². The van der Waals surface area contributed by atoms with Crippen LogP contribution in [0, 0.1) is 0 Å². The first-order chi connectivity index (χ1) is 22.6. The average molecular weight is 639 g/mol. The van der Waals surface area contributed by atoms with Crippen LogP contribution in [0.3, 0.4) is 0 Å². The summed E-state index contributed by atoms with van der Waals surface area (Å²) >= 11 is 0. The summed E-state index contributed by atoms with van der Waals surface area (Å²) in [6, 6.07) is 9.60. The number of rotatable bonds is 28. The topological polar surface area (TPSA) is 63.2 Å². The van der Waals surface area contributed by atoms with Crippen molar-refractivity contribution in [3.05, 3.63) is 47.5 Å². The fourth-order valence-corrected chi connectivity index (χ4v) is 4.95. The van der Waals surface area contributed by atoms with E-state index in [2.05, 4.69) is 34.6 Å². The molecule has 0 N–H and O–H groups in total. The number of hydrogen-bond acceptors (Lipinski definition) is 6. The number of hydrogen-bond donors (Lipinski definition) is 0. The minimum absolute atomic E-state index is 0.193. The van der Waals surface area contributed by atoms with Crippen LogP contribution in [0.5, 0.6) is 28.7 Å². The molecule has 0 fully saturated rings. The third kappa shape index (κ3) is 15.0. The Kier molecular flexibility index (Phi) is 21.2. The van der Waals surface area contributed by atoms with Crippen LogP contribution in [0.1, 0.15) is 147 Å². The molecule has 0 saturated carbocycles. The molecule has 0 heterocycles. The van der Waals surface area contributed by atoms with Gasteiger partial charge < -0.3 is 23.7 Å². The Labute approximate surface area is 280 Å². The molecule has 0 bridgehead atoms. The van der Waals surface area contributed by atoms with Gasteiger partial charge >= 0.3 is 0 Å². The highest BCUT2D eigenvalue weighted by Crippen LogP contribution is 2.39. The minimum Gasteiger partial charge on any atom is -0.494 e. The van der Waals surface area contributed by atoms with Gasteiger partial charge in [-0.1, -0.05) is 98.8 Å². The molecule has 0 aliphatic rings. The predicted octanol–water partition coefficient (Wildman–Crippen LogP) is 11.4. The number of ether oxygens (including phenoxy) is 5. The largest absolute Gasteiger partial charge is 0.494 e. The summed E-state index contributed by atoms with van der Waals surface area (Å²) in [5.41, 5.74) is 1.22. The molecule has 0 aliphatic heterocycles. The van der Waals surface area contributed by atoms with Gasteiger partial charge in [0.2, 0.25) is 0 Å². The molecule has 6 nitrogen and oxygen atoms in total. The number of carbonyl (C=O) groups excluding carboxylic acids is 1. The third-order valence-electron chi connectivity index (χ3n) is 7.75. The lowest BCUT2D eigenvalue weighted by Gasteiger charge is -2.19. The van der Waals surface area contributed by atoms with Gasteiger partial charge in [-0.15, -0.1) is 0 Å². The highest BCUT2D eigenvalue weighted by atomic mass is 16.5. The van der Waals surface area contributed by atoms with Crippen molar-refractivity contribution in [2.45, 2.75) is 131 Å².